The lowest BCUT2D eigenvalue weighted by molar-refractivity contribution is 0.102. The summed E-state index contributed by atoms with van der Waals surface area (Å²) in [6, 6.07) is 12.3. The number of amides is 1. The van der Waals surface area contributed by atoms with Crippen LogP contribution in [0.2, 0.25) is 0 Å². The van der Waals surface area contributed by atoms with Crippen LogP contribution in [-0.2, 0) is 16.6 Å². The molecule has 1 saturated carbocycles. The molecule has 8 heteroatoms. The molecular weight excluding hydrogens is 424 g/mol. The number of aromatic nitrogens is 2. The van der Waals surface area contributed by atoms with Gasteiger partial charge in [-0.25, -0.2) is 18.1 Å². The first kappa shape index (κ1) is 22.2. The fraction of sp³-hybridized carbons (Fsp3) is 0.333. The molecule has 168 valence electrons. The van der Waals surface area contributed by atoms with E-state index in [9.17, 15) is 13.2 Å². The summed E-state index contributed by atoms with van der Waals surface area (Å²) in [4.78, 5) is 17.5. The summed E-state index contributed by atoms with van der Waals surface area (Å²) in [6.07, 6.45) is 5.45. The van der Waals surface area contributed by atoms with E-state index in [0.29, 0.717) is 29.3 Å². The topological polar surface area (TPSA) is 93.1 Å². The number of hydrogen-bond donors (Lipinski definition) is 2. The summed E-state index contributed by atoms with van der Waals surface area (Å²) in [7, 11) is -3.63. The second-order valence-corrected chi connectivity index (χ2v) is 10.3. The highest BCUT2D eigenvalue weighted by atomic mass is 32.2. The Labute approximate surface area is 188 Å². The van der Waals surface area contributed by atoms with Gasteiger partial charge in [-0.15, -0.1) is 0 Å². The molecule has 1 heterocycles. The van der Waals surface area contributed by atoms with E-state index in [0.717, 1.165) is 24.2 Å². The van der Waals surface area contributed by atoms with Crippen molar-refractivity contribution in [3.8, 4) is 0 Å². The van der Waals surface area contributed by atoms with Crippen LogP contribution in [-0.4, -0.2) is 29.9 Å². The molecule has 0 radical (unpaired) electrons. The molecule has 1 aliphatic rings. The van der Waals surface area contributed by atoms with Gasteiger partial charge < -0.3 is 9.88 Å². The minimum Gasteiger partial charge on any atom is -0.330 e. The summed E-state index contributed by atoms with van der Waals surface area (Å²) in [5.74, 6) is 0.982. The Morgan fingerprint density at radius 2 is 1.97 bits per heavy atom. The van der Waals surface area contributed by atoms with Crippen molar-refractivity contribution in [3.63, 3.8) is 0 Å². The minimum absolute atomic E-state index is 0.00743. The van der Waals surface area contributed by atoms with Crippen molar-refractivity contribution >= 4 is 21.6 Å². The van der Waals surface area contributed by atoms with E-state index in [4.69, 9.17) is 0 Å². The van der Waals surface area contributed by atoms with Gasteiger partial charge in [0.1, 0.15) is 5.82 Å². The van der Waals surface area contributed by atoms with Gasteiger partial charge in [-0.3, -0.25) is 4.79 Å². The number of nitrogens with one attached hydrogen (secondary N) is 2. The highest BCUT2D eigenvalue weighted by Gasteiger charge is 2.28. The number of nitrogens with zero attached hydrogens (tertiary/aromatic N) is 2. The van der Waals surface area contributed by atoms with Gasteiger partial charge in [0.15, 0.2) is 0 Å². The van der Waals surface area contributed by atoms with Gasteiger partial charge in [0.05, 0.1) is 4.90 Å². The molecule has 1 aliphatic carbocycles. The van der Waals surface area contributed by atoms with E-state index in [1.807, 2.05) is 30.5 Å². The van der Waals surface area contributed by atoms with Crippen LogP contribution in [0.3, 0.4) is 0 Å². The maximum atomic E-state index is 13.0. The van der Waals surface area contributed by atoms with Crippen LogP contribution in [0, 0.1) is 6.92 Å². The maximum absolute atomic E-state index is 13.0. The van der Waals surface area contributed by atoms with Crippen molar-refractivity contribution in [1.82, 2.24) is 14.3 Å². The zero-order chi connectivity index (χ0) is 22.9. The van der Waals surface area contributed by atoms with Gasteiger partial charge in [-0.2, -0.15) is 0 Å². The molecule has 0 spiro atoms. The number of anilines is 1. The number of hydrogen-bond acceptors (Lipinski definition) is 4. The standard InChI is InChI=1S/C24H28N4O3S/c1-16(2)23-25-11-12-28(23)15-18-5-4-6-20(13-18)26-24(29)22-14-21(10-7-17(22)3)32(30,31)27-19-8-9-19/h4-7,10-14,16,19,27H,8-9,15H2,1-3H3,(H,26,29). The molecule has 0 bridgehead atoms. The number of carbonyl (C=O) groups excluding carboxylic acids is 1. The third-order valence-corrected chi connectivity index (χ3v) is 6.98. The average molecular weight is 453 g/mol. The van der Waals surface area contributed by atoms with E-state index >= 15 is 0 Å². The Morgan fingerprint density at radius 1 is 1.19 bits per heavy atom. The second-order valence-electron chi connectivity index (χ2n) is 8.59. The van der Waals surface area contributed by atoms with Crippen LogP contribution in [0.15, 0.2) is 59.8 Å². The molecule has 32 heavy (non-hydrogen) atoms. The van der Waals surface area contributed by atoms with Gasteiger partial charge in [0.25, 0.3) is 5.91 Å². The molecule has 2 N–H and O–H groups in total. The molecule has 3 aromatic rings. The van der Waals surface area contributed by atoms with E-state index in [2.05, 4.69) is 33.4 Å². The van der Waals surface area contributed by atoms with Crippen molar-refractivity contribution in [3.05, 3.63) is 77.4 Å². The average Bonchev–Trinajstić information content (AvgIpc) is 3.41. The number of rotatable bonds is 8. The van der Waals surface area contributed by atoms with Gasteiger partial charge in [0, 0.05) is 42.1 Å². The van der Waals surface area contributed by atoms with Crippen molar-refractivity contribution in [2.45, 2.75) is 57.0 Å². The highest BCUT2D eigenvalue weighted by molar-refractivity contribution is 7.89. The number of aryl methyl sites for hydroxylation is 1. The Kier molecular flexibility index (Phi) is 6.17. The largest absolute Gasteiger partial charge is 0.330 e. The fourth-order valence-electron chi connectivity index (χ4n) is 3.60. The number of benzene rings is 2. The van der Waals surface area contributed by atoms with Crippen LogP contribution in [0.4, 0.5) is 5.69 Å². The quantitative estimate of drug-likeness (QED) is 0.539. The SMILES string of the molecule is Cc1ccc(S(=O)(=O)NC2CC2)cc1C(=O)Nc1cccc(Cn2ccnc2C(C)C)c1. The van der Waals surface area contributed by atoms with Crippen molar-refractivity contribution in [2.24, 2.45) is 0 Å². The lowest BCUT2D eigenvalue weighted by Gasteiger charge is -2.13. The Hall–Kier alpha value is -2.97. The van der Waals surface area contributed by atoms with E-state index in [1.165, 1.54) is 12.1 Å². The Morgan fingerprint density at radius 3 is 2.69 bits per heavy atom. The number of sulfonamides is 1. The van der Waals surface area contributed by atoms with Crippen molar-refractivity contribution in [2.75, 3.05) is 5.32 Å². The molecule has 1 fully saturated rings. The van der Waals surface area contributed by atoms with E-state index in [-0.39, 0.29) is 16.8 Å². The third-order valence-electron chi connectivity index (χ3n) is 5.46. The summed E-state index contributed by atoms with van der Waals surface area (Å²) in [5, 5.41) is 2.91. The molecule has 0 atom stereocenters. The van der Waals surface area contributed by atoms with Crippen LogP contribution in [0.5, 0.6) is 0 Å². The molecule has 0 unspecified atom stereocenters. The lowest BCUT2D eigenvalue weighted by Crippen LogP contribution is -2.26. The first-order valence-corrected chi connectivity index (χ1v) is 12.3. The fourth-order valence-corrected chi connectivity index (χ4v) is 4.93. The molecule has 1 aromatic heterocycles. The smallest absolute Gasteiger partial charge is 0.255 e. The summed E-state index contributed by atoms with van der Waals surface area (Å²) >= 11 is 0. The Balaban J connectivity index is 1.52. The second kappa shape index (κ2) is 8.88. The van der Waals surface area contributed by atoms with Crippen LogP contribution in [0.1, 0.15) is 59.9 Å². The van der Waals surface area contributed by atoms with Crippen molar-refractivity contribution in [1.29, 1.82) is 0 Å². The normalized spacial score (nSPS) is 14.0. The zero-order valence-electron chi connectivity index (χ0n) is 18.5. The minimum atomic E-state index is -3.63. The summed E-state index contributed by atoms with van der Waals surface area (Å²) in [6.45, 7) is 6.65. The number of imidazole rings is 1. The van der Waals surface area contributed by atoms with E-state index in [1.54, 1.807) is 19.2 Å². The first-order valence-electron chi connectivity index (χ1n) is 10.8. The monoisotopic (exact) mass is 452 g/mol. The zero-order valence-corrected chi connectivity index (χ0v) is 19.3. The molecule has 2 aromatic carbocycles. The lowest BCUT2D eigenvalue weighted by atomic mass is 10.1. The molecule has 4 rings (SSSR count). The van der Waals surface area contributed by atoms with Crippen molar-refractivity contribution < 1.29 is 13.2 Å². The maximum Gasteiger partial charge on any atom is 0.255 e. The first-order chi connectivity index (χ1) is 15.2. The van der Waals surface area contributed by atoms with Crippen LogP contribution < -0.4 is 10.0 Å². The molecule has 7 nitrogen and oxygen atoms in total. The highest BCUT2D eigenvalue weighted by Crippen LogP contribution is 2.24. The van der Waals surface area contributed by atoms with Crippen LogP contribution >= 0.6 is 0 Å². The molecular formula is C24H28N4O3S. The number of carbonyl (C=O) groups is 1. The summed E-state index contributed by atoms with van der Waals surface area (Å²) < 4.78 is 29.8. The van der Waals surface area contributed by atoms with Gasteiger partial charge in [-0.1, -0.05) is 32.0 Å². The Bertz CT molecular complexity index is 1240. The molecule has 1 amide bonds. The van der Waals surface area contributed by atoms with Crippen LogP contribution in [0.25, 0.3) is 0 Å². The van der Waals surface area contributed by atoms with Gasteiger partial charge >= 0.3 is 0 Å². The van der Waals surface area contributed by atoms with E-state index < -0.39 is 10.0 Å². The summed E-state index contributed by atoms with van der Waals surface area (Å²) in [5.41, 5.74) is 2.74. The van der Waals surface area contributed by atoms with Gasteiger partial charge in [0.2, 0.25) is 10.0 Å². The molecule has 0 aliphatic heterocycles. The third kappa shape index (κ3) is 5.08. The molecule has 0 saturated heterocycles. The predicted molar refractivity (Wildman–Crippen MR) is 124 cm³/mol. The van der Waals surface area contributed by atoms with Gasteiger partial charge in [-0.05, 0) is 55.2 Å². The predicted octanol–water partition coefficient (Wildman–Crippen LogP) is 4.06.